The monoisotopic (exact) mass is 453 g/mol. The lowest BCUT2D eigenvalue weighted by Gasteiger charge is -2.18. The van der Waals surface area contributed by atoms with Crippen LogP contribution in [0.25, 0.3) is 11.3 Å². The highest BCUT2D eigenvalue weighted by Gasteiger charge is 2.21. The van der Waals surface area contributed by atoms with Crippen LogP contribution in [0, 0.1) is 6.92 Å². The standard InChI is InChI=1S/C24H27N3O4S/c1-4-27(5-2)32(30,31)20-11-9-18(10-12-20)16-25-23(28)21-13-14-22(26-24(21)29)19-8-6-7-17(3)15-19/h6-15H,4-5,16H2,1-3H3,(H,25,28)(H,26,29). The van der Waals surface area contributed by atoms with Crippen LogP contribution >= 0.6 is 0 Å². The van der Waals surface area contributed by atoms with E-state index in [2.05, 4.69) is 10.3 Å². The molecule has 3 aromatic rings. The number of H-pyrrole nitrogens is 1. The Morgan fingerprint density at radius 3 is 2.28 bits per heavy atom. The average Bonchev–Trinajstić information content (AvgIpc) is 2.78. The summed E-state index contributed by atoms with van der Waals surface area (Å²) in [5.41, 5.74) is 2.85. The van der Waals surface area contributed by atoms with Crippen LogP contribution in [0.1, 0.15) is 35.3 Å². The molecular weight excluding hydrogens is 426 g/mol. The van der Waals surface area contributed by atoms with Gasteiger partial charge in [-0.3, -0.25) is 9.59 Å². The van der Waals surface area contributed by atoms with Crippen LogP contribution < -0.4 is 10.9 Å². The van der Waals surface area contributed by atoms with E-state index >= 15 is 0 Å². The van der Waals surface area contributed by atoms with Crippen molar-refractivity contribution in [2.75, 3.05) is 13.1 Å². The van der Waals surface area contributed by atoms with Gasteiger partial charge in [0.2, 0.25) is 10.0 Å². The smallest absolute Gasteiger partial charge is 0.261 e. The third-order valence-corrected chi connectivity index (χ3v) is 7.27. The first kappa shape index (κ1) is 23.4. The molecule has 0 saturated heterocycles. The molecule has 0 bridgehead atoms. The molecule has 7 nitrogen and oxygen atoms in total. The number of aromatic nitrogens is 1. The number of sulfonamides is 1. The summed E-state index contributed by atoms with van der Waals surface area (Å²) in [6, 6.07) is 17.3. The van der Waals surface area contributed by atoms with Gasteiger partial charge in [-0.2, -0.15) is 4.31 Å². The summed E-state index contributed by atoms with van der Waals surface area (Å²) >= 11 is 0. The van der Waals surface area contributed by atoms with Crippen molar-refractivity contribution in [2.24, 2.45) is 0 Å². The molecule has 0 radical (unpaired) electrons. The zero-order valence-electron chi connectivity index (χ0n) is 18.4. The van der Waals surface area contributed by atoms with Gasteiger partial charge in [0.05, 0.1) is 4.90 Å². The van der Waals surface area contributed by atoms with E-state index in [1.807, 2.05) is 31.2 Å². The van der Waals surface area contributed by atoms with Gasteiger partial charge in [0.15, 0.2) is 0 Å². The summed E-state index contributed by atoms with van der Waals surface area (Å²) in [6.07, 6.45) is 0. The van der Waals surface area contributed by atoms with Crippen LogP contribution in [-0.4, -0.2) is 36.7 Å². The Balaban J connectivity index is 1.69. The number of carbonyl (C=O) groups is 1. The van der Waals surface area contributed by atoms with E-state index in [0.717, 1.165) is 16.7 Å². The molecule has 168 valence electrons. The van der Waals surface area contributed by atoms with Gasteiger partial charge in [-0.05, 0) is 48.4 Å². The first-order valence-corrected chi connectivity index (χ1v) is 11.9. The Kier molecular flexibility index (Phi) is 7.27. The second-order valence-corrected chi connectivity index (χ2v) is 9.34. The number of carbonyl (C=O) groups excluding carboxylic acids is 1. The maximum atomic E-state index is 12.6. The molecule has 0 unspecified atom stereocenters. The lowest BCUT2D eigenvalue weighted by Crippen LogP contribution is -2.30. The molecule has 0 fully saturated rings. The van der Waals surface area contributed by atoms with Gasteiger partial charge in [0, 0.05) is 25.3 Å². The van der Waals surface area contributed by atoms with E-state index in [1.165, 1.54) is 22.5 Å². The maximum Gasteiger partial charge on any atom is 0.261 e. The SMILES string of the molecule is CCN(CC)S(=O)(=O)c1ccc(CNC(=O)c2ccc(-c3cccc(C)c3)[nH]c2=O)cc1. The molecule has 0 atom stereocenters. The van der Waals surface area contributed by atoms with Crippen LogP contribution in [0.4, 0.5) is 0 Å². The summed E-state index contributed by atoms with van der Waals surface area (Å²) in [5, 5.41) is 2.71. The van der Waals surface area contributed by atoms with Crippen molar-refractivity contribution in [1.82, 2.24) is 14.6 Å². The van der Waals surface area contributed by atoms with Gasteiger partial charge in [-0.1, -0.05) is 49.7 Å². The van der Waals surface area contributed by atoms with Crippen LogP contribution in [0.2, 0.25) is 0 Å². The zero-order chi connectivity index (χ0) is 23.3. The van der Waals surface area contributed by atoms with Crippen molar-refractivity contribution in [3.05, 3.63) is 87.7 Å². The summed E-state index contributed by atoms with van der Waals surface area (Å²) in [7, 11) is -3.53. The number of aryl methyl sites for hydroxylation is 1. The Morgan fingerprint density at radius 2 is 1.69 bits per heavy atom. The largest absolute Gasteiger partial charge is 0.348 e. The number of aromatic amines is 1. The first-order valence-electron chi connectivity index (χ1n) is 10.4. The minimum Gasteiger partial charge on any atom is -0.348 e. The third-order valence-electron chi connectivity index (χ3n) is 5.20. The molecule has 1 amide bonds. The number of nitrogens with zero attached hydrogens (tertiary/aromatic N) is 1. The Hall–Kier alpha value is -3.23. The fourth-order valence-corrected chi connectivity index (χ4v) is 4.86. The van der Waals surface area contributed by atoms with Crippen LogP contribution in [0.5, 0.6) is 0 Å². The van der Waals surface area contributed by atoms with Gasteiger partial charge >= 0.3 is 0 Å². The fraction of sp³-hybridized carbons (Fsp3) is 0.250. The minimum atomic E-state index is -3.53. The highest BCUT2D eigenvalue weighted by Crippen LogP contribution is 2.18. The Labute approximate surface area is 188 Å². The molecule has 2 aromatic carbocycles. The van der Waals surface area contributed by atoms with Gasteiger partial charge in [-0.25, -0.2) is 8.42 Å². The normalized spacial score (nSPS) is 11.5. The van der Waals surface area contributed by atoms with Crippen molar-refractivity contribution in [3.63, 3.8) is 0 Å². The van der Waals surface area contributed by atoms with Gasteiger partial charge in [0.25, 0.3) is 11.5 Å². The quantitative estimate of drug-likeness (QED) is 0.547. The molecule has 32 heavy (non-hydrogen) atoms. The average molecular weight is 454 g/mol. The number of pyridine rings is 1. The van der Waals surface area contributed by atoms with E-state index in [1.54, 1.807) is 32.0 Å². The molecule has 8 heteroatoms. The van der Waals surface area contributed by atoms with Gasteiger partial charge < -0.3 is 10.3 Å². The van der Waals surface area contributed by atoms with E-state index in [4.69, 9.17) is 0 Å². The number of nitrogens with one attached hydrogen (secondary N) is 2. The molecule has 1 aromatic heterocycles. The summed E-state index contributed by atoms with van der Waals surface area (Å²) in [5.74, 6) is -0.498. The van der Waals surface area contributed by atoms with Crippen molar-refractivity contribution >= 4 is 15.9 Å². The van der Waals surface area contributed by atoms with Gasteiger partial charge in [-0.15, -0.1) is 0 Å². The zero-order valence-corrected chi connectivity index (χ0v) is 19.2. The second-order valence-electron chi connectivity index (χ2n) is 7.40. The van der Waals surface area contributed by atoms with Crippen molar-refractivity contribution in [2.45, 2.75) is 32.2 Å². The third kappa shape index (κ3) is 5.15. The lowest BCUT2D eigenvalue weighted by molar-refractivity contribution is 0.0949. The molecule has 0 spiro atoms. The summed E-state index contributed by atoms with van der Waals surface area (Å²) in [4.78, 5) is 27.9. The Bertz CT molecular complexity index is 1260. The molecule has 2 N–H and O–H groups in total. The number of benzene rings is 2. The molecule has 0 saturated carbocycles. The molecule has 0 aliphatic rings. The van der Waals surface area contributed by atoms with Crippen LogP contribution in [-0.2, 0) is 16.6 Å². The minimum absolute atomic E-state index is 0.0159. The van der Waals surface area contributed by atoms with Gasteiger partial charge in [0.1, 0.15) is 5.56 Å². The number of hydrogen-bond acceptors (Lipinski definition) is 4. The van der Waals surface area contributed by atoms with Crippen molar-refractivity contribution in [1.29, 1.82) is 0 Å². The number of amides is 1. The van der Waals surface area contributed by atoms with E-state index < -0.39 is 21.5 Å². The van der Waals surface area contributed by atoms with Crippen LogP contribution in [0.3, 0.4) is 0 Å². The van der Waals surface area contributed by atoms with Crippen LogP contribution in [0.15, 0.2) is 70.4 Å². The van der Waals surface area contributed by atoms with E-state index in [0.29, 0.717) is 18.8 Å². The topological polar surface area (TPSA) is 99.3 Å². The second kappa shape index (κ2) is 9.93. The van der Waals surface area contributed by atoms with Crippen molar-refractivity contribution in [3.8, 4) is 11.3 Å². The highest BCUT2D eigenvalue weighted by atomic mass is 32.2. The summed E-state index contributed by atoms with van der Waals surface area (Å²) < 4.78 is 26.5. The number of hydrogen-bond donors (Lipinski definition) is 2. The van der Waals surface area contributed by atoms with E-state index in [9.17, 15) is 18.0 Å². The Morgan fingerprint density at radius 1 is 1.00 bits per heavy atom. The highest BCUT2D eigenvalue weighted by molar-refractivity contribution is 7.89. The predicted molar refractivity (Wildman–Crippen MR) is 125 cm³/mol. The van der Waals surface area contributed by atoms with E-state index in [-0.39, 0.29) is 17.0 Å². The molecular formula is C24H27N3O4S. The fourth-order valence-electron chi connectivity index (χ4n) is 3.40. The lowest BCUT2D eigenvalue weighted by atomic mass is 10.1. The summed E-state index contributed by atoms with van der Waals surface area (Å²) in [6.45, 7) is 6.51. The first-order chi connectivity index (χ1) is 15.3. The molecule has 0 aliphatic carbocycles. The van der Waals surface area contributed by atoms with Crippen molar-refractivity contribution < 1.29 is 13.2 Å². The maximum absolute atomic E-state index is 12.6. The molecule has 0 aliphatic heterocycles. The predicted octanol–water partition coefficient (Wildman–Crippen LogP) is 3.31. The molecule has 1 heterocycles. The molecule has 3 rings (SSSR count). The number of rotatable bonds is 8.